The van der Waals surface area contributed by atoms with E-state index in [4.69, 9.17) is 4.74 Å². The number of unbranched alkanes of at least 4 members (excludes halogenated alkanes) is 3. The number of thiol groups is 1. The van der Waals surface area contributed by atoms with Gasteiger partial charge in [-0.2, -0.15) is 12.6 Å². The third kappa shape index (κ3) is 5.27. The van der Waals surface area contributed by atoms with E-state index in [0.29, 0.717) is 12.4 Å². The third-order valence-electron chi connectivity index (χ3n) is 2.44. The second kappa shape index (κ2) is 8.37. The van der Waals surface area contributed by atoms with Crippen molar-refractivity contribution >= 4 is 34.2 Å². The van der Waals surface area contributed by atoms with Crippen LogP contribution in [0.15, 0.2) is 22.7 Å². The normalized spacial score (nSPS) is 10.3. The molecule has 4 nitrogen and oxygen atoms in total. The lowest BCUT2D eigenvalue weighted by Crippen LogP contribution is -1.99. The maximum atomic E-state index is 10.6. The Labute approximate surface area is 120 Å². The van der Waals surface area contributed by atoms with Crippen LogP contribution in [-0.4, -0.2) is 17.3 Å². The lowest BCUT2D eigenvalue weighted by molar-refractivity contribution is -0.385. The molecule has 0 aliphatic heterocycles. The molecule has 0 atom stereocenters. The summed E-state index contributed by atoms with van der Waals surface area (Å²) in [5.74, 6) is 1.44. The molecule has 0 aliphatic rings. The van der Waals surface area contributed by atoms with Crippen molar-refractivity contribution in [2.75, 3.05) is 12.4 Å². The Morgan fingerprint density at radius 2 is 2.00 bits per heavy atom. The average molecular weight is 334 g/mol. The molecule has 0 heterocycles. The maximum Gasteiger partial charge on any atom is 0.273 e. The first kappa shape index (κ1) is 15.3. The third-order valence-corrected chi connectivity index (χ3v) is 3.41. The molecule has 1 aromatic carbocycles. The highest BCUT2D eigenvalue weighted by Crippen LogP contribution is 2.29. The Kier molecular flexibility index (Phi) is 7.12. The summed E-state index contributed by atoms with van der Waals surface area (Å²) in [7, 11) is 0. The van der Waals surface area contributed by atoms with E-state index in [1.807, 2.05) is 0 Å². The molecule has 0 saturated carbocycles. The molecule has 0 spiro atoms. The standard InChI is InChI=1S/C12H16BrNO3S/c13-11-6-5-10(14(15)16)9-12(11)17-7-3-1-2-4-8-18/h5-6,9,18H,1-4,7-8H2. The van der Waals surface area contributed by atoms with E-state index in [1.54, 1.807) is 6.07 Å². The number of ether oxygens (including phenoxy) is 1. The molecule has 18 heavy (non-hydrogen) atoms. The van der Waals surface area contributed by atoms with Gasteiger partial charge in [0.25, 0.3) is 5.69 Å². The summed E-state index contributed by atoms with van der Waals surface area (Å²) in [5.41, 5.74) is 0.0447. The molecular weight excluding hydrogens is 318 g/mol. The summed E-state index contributed by atoms with van der Waals surface area (Å²) >= 11 is 7.46. The van der Waals surface area contributed by atoms with Crippen molar-refractivity contribution in [2.24, 2.45) is 0 Å². The Morgan fingerprint density at radius 3 is 2.67 bits per heavy atom. The molecule has 0 N–H and O–H groups in total. The number of nitrogens with zero attached hydrogens (tertiary/aromatic N) is 1. The van der Waals surface area contributed by atoms with Crippen LogP contribution in [0.2, 0.25) is 0 Å². The minimum atomic E-state index is -0.425. The predicted molar refractivity (Wildman–Crippen MR) is 78.6 cm³/mol. The van der Waals surface area contributed by atoms with Gasteiger partial charge in [-0.15, -0.1) is 0 Å². The van der Waals surface area contributed by atoms with E-state index in [0.717, 1.165) is 35.9 Å². The van der Waals surface area contributed by atoms with Crippen LogP contribution < -0.4 is 4.74 Å². The number of rotatable bonds is 8. The largest absolute Gasteiger partial charge is 0.492 e. The van der Waals surface area contributed by atoms with Crippen molar-refractivity contribution in [2.45, 2.75) is 25.7 Å². The fourth-order valence-electron chi connectivity index (χ4n) is 1.47. The minimum Gasteiger partial charge on any atom is -0.492 e. The van der Waals surface area contributed by atoms with Crippen LogP contribution in [0.5, 0.6) is 5.75 Å². The summed E-state index contributed by atoms with van der Waals surface area (Å²) in [6.45, 7) is 0.576. The van der Waals surface area contributed by atoms with Gasteiger partial charge in [0, 0.05) is 6.07 Å². The van der Waals surface area contributed by atoms with E-state index in [2.05, 4.69) is 28.6 Å². The van der Waals surface area contributed by atoms with Crippen LogP contribution in [0.1, 0.15) is 25.7 Å². The highest BCUT2D eigenvalue weighted by molar-refractivity contribution is 9.10. The quantitative estimate of drug-likeness (QED) is 0.335. The first-order chi connectivity index (χ1) is 8.65. The van der Waals surface area contributed by atoms with Crippen molar-refractivity contribution < 1.29 is 9.66 Å². The zero-order valence-electron chi connectivity index (χ0n) is 9.97. The minimum absolute atomic E-state index is 0.0447. The van der Waals surface area contributed by atoms with Crippen LogP contribution in [0.25, 0.3) is 0 Å². The SMILES string of the molecule is O=[N+]([O-])c1ccc(Br)c(OCCCCCCS)c1. The Morgan fingerprint density at radius 1 is 1.28 bits per heavy atom. The van der Waals surface area contributed by atoms with E-state index in [9.17, 15) is 10.1 Å². The average Bonchev–Trinajstić information content (AvgIpc) is 2.35. The van der Waals surface area contributed by atoms with Gasteiger partial charge in [-0.25, -0.2) is 0 Å². The number of non-ortho nitro benzene ring substituents is 1. The number of hydrogen-bond acceptors (Lipinski definition) is 4. The van der Waals surface area contributed by atoms with Gasteiger partial charge in [0.15, 0.2) is 0 Å². The number of hydrogen-bond donors (Lipinski definition) is 1. The van der Waals surface area contributed by atoms with E-state index in [-0.39, 0.29) is 5.69 Å². The first-order valence-corrected chi connectivity index (χ1v) is 7.25. The molecule has 0 unspecified atom stereocenters. The topological polar surface area (TPSA) is 52.4 Å². The molecule has 0 radical (unpaired) electrons. The Balaban J connectivity index is 2.41. The zero-order chi connectivity index (χ0) is 13.4. The van der Waals surface area contributed by atoms with Crippen LogP contribution in [0.4, 0.5) is 5.69 Å². The van der Waals surface area contributed by atoms with Crippen molar-refractivity contribution in [3.63, 3.8) is 0 Å². The van der Waals surface area contributed by atoms with E-state index < -0.39 is 4.92 Å². The molecule has 1 rings (SSSR count). The molecule has 0 aliphatic carbocycles. The van der Waals surface area contributed by atoms with Crippen molar-refractivity contribution in [3.05, 3.63) is 32.8 Å². The van der Waals surface area contributed by atoms with Crippen LogP contribution in [0.3, 0.4) is 0 Å². The number of benzene rings is 1. The van der Waals surface area contributed by atoms with E-state index in [1.165, 1.54) is 12.1 Å². The summed E-state index contributed by atoms with van der Waals surface area (Å²) in [6, 6.07) is 4.52. The molecule has 0 aromatic heterocycles. The molecule has 1 aromatic rings. The van der Waals surface area contributed by atoms with Gasteiger partial charge >= 0.3 is 0 Å². The van der Waals surface area contributed by atoms with Gasteiger partial charge in [-0.3, -0.25) is 10.1 Å². The number of nitro benzene ring substituents is 1. The van der Waals surface area contributed by atoms with Crippen LogP contribution in [0, 0.1) is 10.1 Å². The lowest BCUT2D eigenvalue weighted by atomic mass is 10.2. The smallest absolute Gasteiger partial charge is 0.273 e. The monoisotopic (exact) mass is 333 g/mol. The summed E-state index contributed by atoms with van der Waals surface area (Å²) in [5, 5.41) is 10.6. The van der Waals surface area contributed by atoms with Crippen molar-refractivity contribution in [3.8, 4) is 5.75 Å². The van der Waals surface area contributed by atoms with Gasteiger partial charge in [-0.1, -0.05) is 12.8 Å². The highest BCUT2D eigenvalue weighted by atomic mass is 79.9. The van der Waals surface area contributed by atoms with Gasteiger partial charge in [-0.05, 0) is 40.6 Å². The molecule has 6 heteroatoms. The van der Waals surface area contributed by atoms with Gasteiger partial charge in [0.05, 0.1) is 22.1 Å². The van der Waals surface area contributed by atoms with Crippen LogP contribution in [-0.2, 0) is 0 Å². The van der Waals surface area contributed by atoms with Gasteiger partial charge < -0.3 is 4.74 Å². The number of nitro groups is 1. The summed E-state index contributed by atoms with van der Waals surface area (Å²) in [4.78, 5) is 10.2. The molecule has 0 fully saturated rings. The maximum absolute atomic E-state index is 10.6. The van der Waals surface area contributed by atoms with Gasteiger partial charge in [0.2, 0.25) is 0 Å². The predicted octanol–water partition coefficient (Wildman–Crippen LogP) is 4.23. The fraction of sp³-hybridized carbons (Fsp3) is 0.500. The molecular formula is C12H16BrNO3S. The van der Waals surface area contributed by atoms with Crippen molar-refractivity contribution in [1.82, 2.24) is 0 Å². The second-order valence-corrected chi connectivity index (χ2v) is 5.16. The van der Waals surface area contributed by atoms with Crippen LogP contribution >= 0.6 is 28.6 Å². The van der Waals surface area contributed by atoms with Crippen molar-refractivity contribution in [1.29, 1.82) is 0 Å². The molecule has 0 amide bonds. The number of halogens is 1. The first-order valence-electron chi connectivity index (χ1n) is 5.82. The fourth-order valence-corrected chi connectivity index (χ4v) is 2.05. The second-order valence-electron chi connectivity index (χ2n) is 3.86. The Hall–Kier alpha value is -0.750. The molecule has 0 saturated heterocycles. The molecule has 0 bridgehead atoms. The van der Waals surface area contributed by atoms with E-state index >= 15 is 0 Å². The molecule has 100 valence electrons. The lowest BCUT2D eigenvalue weighted by Gasteiger charge is -2.07. The summed E-state index contributed by atoms with van der Waals surface area (Å²) in [6.07, 6.45) is 4.29. The van der Waals surface area contributed by atoms with Gasteiger partial charge in [0.1, 0.15) is 5.75 Å². The highest BCUT2D eigenvalue weighted by Gasteiger charge is 2.10. The zero-order valence-corrected chi connectivity index (χ0v) is 12.5. The summed E-state index contributed by atoms with van der Waals surface area (Å²) < 4.78 is 6.28. The Bertz CT molecular complexity index is 401.